The lowest BCUT2D eigenvalue weighted by atomic mass is 10.1. The molecule has 3 aromatic rings. The van der Waals surface area contributed by atoms with E-state index < -0.39 is 0 Å². The van der Waals surface area contributed by atoms with Gasteiger partial charge in [0, 0.05) is 10.6 Å². The summed E-state index contributed by atoms with van der Waals surface area (Å²) < 4.78 is 5.47. The number of carbonyl (C=O) groups is 1. The fourth-order valence-electron chi connectivity index (χ4n) is 2.34. The number of carbonyl (C=O) groups excluding carboxylic acids is 1. The molecule has 0 saturated heterocycles. The van der Waals surface area contributed by atoms with Crippen molar-refractivity contribution in [1.29, 1.82) is 0 Å². The van der Waals surface area contributed by atoms with E-state index in [1.54, 1.807) is 18.2 Å². The Bertz CT molecular complexity index is 942. The molecule has 6 heteroatoms. The number of rotatable bonds is 6. The quantitative estimate of drug-likeness (QED) is 0.458. The molecule has 0 atom stereocenters. The van der Waals surface area contributed by atoms with Gasteiger partial charge in [0.2, 0.25) is 0 Å². The maximum Gasteiger partial charge on any atom is 0.277 e. The van der Waals surface area contributed by atoms with Crippen LogP contribution in [0.15, 0.2) is 77.9 Å². The molecule has 1 amide bonds. The highest BCUT2D eigenvalue weighted by Crippen LogP contribution is 2.22. The standard InChI is InChI=1S/C21H16Cl2N2O2/c22-18-9-6-17(20(23)12-18)13-24-25-21(26)14-27-19-10-7-16(8-11-19)15-4-2-1-3-5-15/h1-13H,14H2,(H,25,26)/b24-13-. The Morgan fingerprint density at radius 3 is 2.37 bits per heavy atom. The molecular weight excluding hydrogens is 383 g/mol. The Labute approximate surface area is 167 Å². The molecular formula is C21H16Cl2N2O2. The molecule has 1 N–H and O–H groups in total. The summed E-state index contributed by atoms with van der Waals surface area (Å²) in [6.07, 6.45) is 1.45. The van der Waals surface area contributed by atoms with Crippen LogP contribution < -0.4 is 10.2 Å². The fraction of sp³-hybridized carbons (Fsp3) is 0.0476. The number of ether oxygens (including phenoxy) is 1. The zero-order valence-electron chi connectivity index (χ0n) is 14.2. The molecule has 0 bridgehead atoms. The van der Waals surface area contributed by atoms with Crippen LogP contribution in [0.25, 0.3) is 11.1 Å². The van der Waals surface area contributed by atoms with Crippen molar-refractivity contribution in [3.8, 4) is 16.9 Å². The second-order valence-corrected chi connectivity index (χ2v) is 6.48. The van der Waals surface area contributed by atoms with Crippen LogP contribution in [0.5, 0.6) is 5.75 Å². The van der Waals surface area contributed by atoms with Crippen molar-refractivity contribution in [2.24, 2.45) is 5.10 Å². The van der Waals surface area contributed by atoms with E-state index in [0.717, 1.165) is 11.1 Å². The molecule has 0 unspecified atom stereocenters. The molecule has 0 aliphatic carbocycles. The van der Waals surface area contributed by atoms with Crippen LogP contribution in [0.3, 0.4) is 0 Å². The minimum Gasteiger partial charge on any atom is -0.484 e. The smallest absolute Gasteiger partial charge is 0.277 e. The van der Waals surface area contributed by atoms with Crippen LogP contribution in [0.4, 0.5) is 0 Å². The number of nitrogens with zero attached hydrogens (tertiary/aromatic N) is 1. The summed E-state index contributed by atoms with van der Waals surface area (Å²) in [5.74, 6) is 0.234. The first-order valence-corrected chi connectivity index (χ1v) is 8.92. The average molecular weight is 399 g/mol. The highest BCUT2D eigenvalue weighted by molar-refractivity contribution is 6.36. The van der Waals surface area contributed by atoms with Crippen molar-refractivity contribution in [2.45, 2.75) is 0 Å². The van der Waals surface area contributed by atoms with Crippen molar-refractivity contribution in [1.82, 2.24) is 5.43 Å². The molecule has 0 aliphatic heterocycles. The Balaban J connectivity index is 1.49. The van der Waals surface area contributed by atoms with Gasteiger partial charge < -0.3 is 4.74 Å². The lowest BCUT2D eigenvalue weighted by Gasteiger charge is -2.06. The SMILES string of the molecule is O=C(COc1ccc(-c2ccccc2)cc1)N/N=C\c1ccc(Cl)cc1Cl. The van der Waals surface area contributed by atoms with Crippen molar-refractivity contribution in [3.63, 3.8) is 0 Å². The van der Waals surface area contributed by atoms with Gasteiger partial charge in [-0.25, -0.2) is 5.43 Å². The zero-order chi connectivity index (χ0) is 19.1. The van der Waals surface area contributed by atoms with Crippen LogP contribution in [0, 0.1) is 0 Å². The van der Waals surface area contributed by atoms with E-state index in [1.807, 2.05) is 54.6 Å². The zero-order valence-corrected chi connectivity index (χ0v) is 15.7. The van der Waals surface area contributed by atoms with Crippen LogP contribution >= 0.6 is 23.2 Å². The number of hydrazone groups is 1. The maximum atomic E-state index is 11.8. The van der Waals surface area contributed by atoms with Gasteiger partial charge in [-0.3, -0.25) is 4.79 Å². The summed E-state index contributed by atoms with van der Waals surface area (Å²) in [7, 11) is 0. The molecule has 0 fully saturated rings. The van der Waals surface area contributed by atoms with E-state index >= 15 is 0 Å². The Morgan fingerprint density at radius 1 is 0.963 bits per heavy atom. The van der Waals surface area contributed by atoms with Crippen molar-refractivity contribution in [2.75, 3.05) is 6.61 Å². The van der Waals surface area contributed by atoms with Crippen molar-refractivity contribution < 1.29 is 9.53 Å². The fourth-order valence-corrected chi connectivity index (χ4v) is 2.79. The third-order valence-electron chi connectivity index (χ3n) is 3.69. The van der Waals surface area contributed by atoms with Gasteiger partial charge in [0.1, 0.15) is 5.75 Å². The van der Waals surface area contributed by atoms with Gasteiger partial charge in [0.15, 0.2) is 6.61 Å². The van der Waals surface area contributed by atoms with E-state index in [9.17, 15) is 4.79 Å². The van der Waals surface area contributed by atoms with Gasteiger partial charge in [-0.1, -0.05) is 71.7 Å². The molecule has 0 aliphatic rings. The molecule has 0 aromatic heterocycles. The number of benzene rings is 3. The third kappa shape index (κ3) is 5.58. The number of hydrogen-bond donors (Lipinski definition) is 1. The molecule has 0 heterocycles. The van der Waals surface area contributed by atoms with Gasteiger partial charge in [-0.15, -0.1) is 0 Å². The summed E-state index contributed by atoms with van der Waals surface area (Å²) in [4.78, 5) is 11.8. The molecule has 4 nitrogen and oxygen atoms in total. The van der Waals surface area contributed by atoms with Crippen LogP contribution in [0.1, 0.15) is 5.56 Å². The predicted octanol–water partition coefficient (Wildman–Crippen LogP) is 5.19. The lowest BCUT2D eigenvalue weighted by Crippen LogP contribution is -2.24. The number of nitrogens with one attached hydrogen (secondary N) is 1. The normalized spacial score (nSPS) is 10.7. The first-order chi connectivity index (χ1) is 13.1. The van der Waals surface area contributed by atoms with Crippen LogP contribution in [0.2, 0.25) is 10.0 Å². The Morgan fingerprint density at radius 2 is 1.67 bits per heavy atom. The van der Waals surface area contributed by atoms with Gasteiger partial charge in [0.05, 0.1) is 11.2 Å². The average Bonchev–Trinajstić information content (AvgIpc) is 2.69. The molecule has 3 rings (SSSR count). The predicted molar refractivity (Wildman–Crippen MR) is 110 cm³/mol. The molecule has 136 valence electrons. The van der Waals surface area contributed by atoms with Crippen LogP contribution in [-0.4, -0.2) is 18.7 Å². The topological polar surface area (TPSA) is 50.7 Å². The summed E-state index contributed by atoms with van der Waals surface area (Å²) in [6, 6.07) is 22.6. The first kappa shape index (κ1) is 19.0. The van der Waals surface area contributed by atoms with Crippen LogP contribution in [-0.2, 0) is 4.79 Å². The monoisotopic (exact) mass is 398 g/mol. The summed E-state index contributed by atoms with van der Waals surface area (Å²) >= 11 is 11.9. The maximum absolute atomic E-state index is 11.8. The molecule has 3 aromatic carbocycles. The molecule has 0 radical (unpaired) electrons. The lowest BCUT2D eigenvalue weighted by molar-refractivity contribution is -0.123. The number of halogens is 2. The minimum atomic E-state index is -0.372. The second-order valence-electron chi connectivity index (χ2n) is 5.64. The highest BCUT2D eigenvalue weighted by Gasteiger charge is 2.03. The molecule has 27 heavy (non-hydrogen) atoms. The van der Waals surface area contributed by atoms with E-state index in [4.69, 9.17) is 27.9 Å². The minimum absolute atomic E-state index is 0.142. The Kier molecular flexibility index (Phi) is 6.47. The summed E-state index contributed by atoms with van der Waals surface area (Å²) in [5.41, 5.74) is 5.25. The number of hydrogen-bond acceptors (Lipinski definition) is 3. The van der Waals surface area contributed by atoms with Gasteiger partial charge >= 0.3 is 0 Å². The van der Waals surface area contributed by atoms with E-state index in [2.05, 4.69) is 10.5 Å². The third-order valence-corrected chi connectivity index (χ3v) is 4.25. The Hall–Kier alpha value is -2.82. The molecule has 0 spiro atoms. The van der Waals surface area contributed by atoms with Gasteiger partial charge in [0.25, 0.3) is 5.91 Å². The van der Waals surface area contributed by atoms with Gasteiger partial charge in [-0.05, 0) is 35.4 Å². The van der Waals surface area contributed by atoms with E-state index in [0.29, 0.717) is 21.4 Å². The van der Waals surface area contributed by atoms with Crippen molar-refractivity contribution in [3.05, 3.63) is 88.4 Å². The van der Waals surface area contributed by atoms with Crippen molar-refractivity contribution >= 4 is 35.3 Å². The summed E-state index contributed by atoms with van der Waals surface area (Å²) in [5, 5.41) is 4.86. The largest absolute Gasteiger partial charge is 0.484 e. The van der Waals surface area contributed by atoms with E-state index in [1.165, 1.54) is 6.21 Å². The van der Waals surface area contributed by atoms with Gasteiger partial charge in [-0.2, -0.15) is 5.10 Å². The molecule has 0 saturated carbocycles. The van der Waals surface area contributed by atoms with E-state index in [-0.39, 0.29) is 12.5 Å². The summed E-state index contributed by atoms with van der Waals surface area (Å²) in [6.45, 7) is -0.142. The second kappa shape index (κ2) is 9.21. The highest BCUT2D eigenvalue weighted by atomic mass is 35.5. The number of amides is 1. The first-order valence-electron chi connectivity index (χ1n) is 8.17.